The van der Waals surface area contributed by atoms with Crippen LogP contribution < -0.4 is 0 Å². The fourth-order valence-electron chi connectivity index (χ4n) is 1.91. The number of thioether (sulfide) groups is 1. The topological polar surface area (TPSA) is 56.0 Å². The Balaban J connectivity index is 1.86. The minimum Gasteiger partial charge on any atom is -0.258 e. The van der Waals surface area contributed by atoms with Crippen molar-refractivity contribution in [2.45, 2.75) is 10.1 Å². The highest BCUT2D eigenvalue weighted by Crippen LogP contribution is 2.35. The number of hydrogen-bond acceptors (Lipinski definition) is 5. The molecule has 0 radical (unpaired) electrons. The fourth-order valence-corrected chi connectivity index (χ4v) is 4.34. The predicted octanol–water partition coefficient (Wildman–Crippen LogP) is 5.15. The Labute approximate surface area is 133 Å². The lowest BCUT2D eigenvalue weighted by atomic mass is 10.2. The van der Waals surface area contributed by atoms with Gasteiger partial charge < -0.3 is 0 Å². The van der Waals surface area contributed by atoms with Crippen LogP contribution in [0.3, 0.4) is 0 Å². The molecule has 2 aromatic carbocycles. The van der Waals surface area contributed by atoms with Crippen LogP contribution in [0.25, 0.3) is 10.2 Å². The molecule has 4 nitrogen and oxygen atoms in total. The second kappa shape index (κ2) is 6.01. The van der Waals surface area contributed by atoms with Crippen molar-refractivity contribution in [2.75, 3.05) is 0 Å². The first-order chi connectivity index (χ1) is 10.1. The third-order valence-electron chi connectivity index (χ3n) is 2.91. The monoisotopic (exact) mass is 336 g/mol. The maximum atomic E-state index is 11.1. The van der Waals surface area contributed by atoms with Gasteiger partial charge in [0.1, 0.15) is 0 Å². The molecule has 0 aliphatic rings. The Morgan fingerprint density at radius 3 is 2.81 bits per heavy atom. The minimum absolute atomic E-state index is 0.0520. The zero-order valence-corrected chi connectivity index (χ0v) is 13.0. The van der Waals surface area contributed by atoms with Gasteiger partial charge in [0.25, 0.3) is 5.69 Å². The van der Waals surface area contributed by atoms with E-state index in [1.54, 1.807) is 23.5 Å². The summed E-state index contributed by atoms with van der Waals surface area (Å²) in [6, 6.07) is 12.6. The van der Waals surface area contributed by atoms with Crippen molar-refractivity contribution in [3.05, 3.63) is 63.2 Å². The van der Waals surface area contributed by atoms with Crippen LogP contribution in [0, 0.1) is 10.1 Å². The second-order valence-corrected chi connectivity index (χ2v) is 6.89. The van der Waals surface area contributed by atoms with Gasteiger partial charge in [0.2, 0.25) is 0 Å². The number of fused-ring (bicyclic) bond motifs is 1. The van der Waals surface area contributed by atoms with Crippen LogP contribution in [-0.4, -0.2) is 9.91 Å². The molecule has 0 amide bonds. The molecule has 0 atom stereocenters. The molecule has 21 heavy (non-hydrogen) atoms. The average Bonchev–Trinajstić information content (AvgIpc) is 2.88. The molecule has 1 aromatic heterocycles. The molecule has 0 N–H and O–H groups in total. The third-order valence-corrected chi connectivity index (χ3v) is 5.47. The van der Waals surface area contributed by atoms with Gasteiger partial charge >= 0.3 is 0 Å². The molecule has 0 saturated heterocycles. The maximum Gasteiger partial charge on any atom is 0.274 e. The fraction of sp³-hybridized carbons (Fsp3) is 0.0714. The van der Waals surface area contributed by atoms with Gasteiger partial charge in [0.05, 0.1) is 25.7 Å². The quantitative estimate of drug-likeness (QED) is 0.375. The lowest BCUT2D eigenvalue weighted by Crippen LogP contribution is -1.94. The Bertz CT molecular complexity index is 787. The molecule has 0 aliphatic heterocycles. The van der Waals surface area contributed by atoms with E-state index in [4.69, 9.17) is 11.6 Å². The highest BCUT2D eigenvalue weighted by atomic mass is 35.5. The Morgan fingerprint density at radius 1 is 1.24 bits per heavy atom. The zero-order valence-electron chi connectivity index (χ0n) is 10.7. The summed E-state index contributed by atoms with van der Waals surface area (Å²) in [4.78, 5) is 15.1. The highest BCUT2D eigenvalue weighted by molar-refractivity contribution is 8.00. The molecule has 106 valence electrons. The number of nitrogens with zero attached hydrogens (tertiary/aromatic N) is 2. The first kappa shape index (κ1) is 14.3. The van der Waals surface area contributed by atoms with E-state index < -0.39 is 4.92 Å². The third kappa shape index (κ3) is 3.02. The second-order valence-electron chi connectivity index (χ2n) is 4.23. The van der Waals surface area contributed by atoms with E-state index >= 15 is 0 Å². The van der Waals surface area contributed by atoms with E-state index in [0.29, 0.717) is 16.3 Å². The van der Waals surface area contributed by atoms with E-state index in [9.17, 15) is 10.1 Å². The average molecular weight is 337 g/mol. The highest BCUT2D eigenvalue weighted by Gasteiger charge is 2.17. The number of para-hydroxylation sites is 1. The van der Waals surface area contributed by atoms with Crippen molar-refractivity contribution in [1.82, 2.24) is 4.98 Å². The molecule has 0 saturated carbocycles. The Hall–Kier alpha value is -1.63. The van der Waals surface area contributed by atoms with Gasteiger partial charge in [-0.1, -0.05) is 41.6 Å². The molecule has 0 aliphatic carbocycles. The summed E-state index contributed by atoms with van der Waals surface area (Å²) < 4.78 is 1.99. The predicted molar refractivity (Wildman–Crippen MR) is 87.3 cm³/mol. The molecular formula is C14H9ClN2O2S2. The maximum absolute atomic E-state index is 11.1. The molecule has 0 spiro atoms. The number of thiazole rings is 1. The van der Waals surface area contributed by atoms with E-state index in [1.165, 1.54) is 17.8 Å². The molecule has 0 unspecified atom stereocenters. The van der Waals surface area contributed by atoms with Crippen molar-refractivity contribution < 1.29 is 4.92 Å². The molecule has 3 rings (SSSR count). The summed E-state index contributed by atoms with van der Waals surface area (Å²) in [6.45, 7) is 0. The molecule has 0 fully saturated rings. The number of nitro benzene ring substituents is 1. The Morgan fingerprint density at radius 2 is 2.05 bits per heavy atom. The number of rotatable bonds is 4. The van der Waals surface area contributed by atoms with Crippen molar-refractivity contribution in [1.29, 1.82) is 0 Å². The van der Waals surface area contributed by atoms with Crippen LogP contribution in [0.5, 0.6) is 0 Å². The van der Waals surface area contributed by atoms with Gasteiger partial charge in [0.15, 0.2) is 4.34 Å². The molecule has 1 heterocycles. The number of aromatic nitrogens is 1. The zero-order chi connectivity index (χ0) is 14.8. The number of hydrogen-bond donors (Lipinski definition) is 0. The van der Waals surface area contributed by atoms with Crippen LogP contribution in [0.4, 0.5) is 5.69 Å². The van der Waals surface area contributed by atoms with Gasteiger partial charge in [-0.3, -0.25) is 10.1 Å². The summed E-state index contributed by atoms with van der Waals surface area (Å²) in [7, 11) is 0. The van der Waals surface area contributed by atoms with Crippen LogP contribution >= 0.6 is 34.7 Å². The van der Waals surface area contributed by atoms with Gasteiger partial charge in [-0.25, -0.2) is 4.98 Å². The summed E-state index contributed by atoms with van der Waals surface area (Å²) >= 11 is 9.12. The summed E-state index contributed by atoms with van der Waals surface area (Å²) in [5.41, 5.74) is 1.53. The van der Waals surface area contributed by atoms with E-state index in [1.807, 2.05) is 24.3 Å². The van der Waals surface area contributed by atoms with Gasteiger partial charge in [0, 0.05) is 11.8 Å². The smallest absolute Gasteiger partial charge is 0.258 e. The van der Waals surface area contributed by atoms with E-state index in [-0.39, 0.29) is 5.69 Å². The summed E-state index contributed by atoms with van der Waals surface area (Å²) in [6.07, 6.45) is 0. The normalized spacial score (nSPS) is 10.9. The van der Waals surface area contributed by atoms with Crippen molar-refractivity contribution in [2.24, 2.45) is 0 Å². The van der Waals surface area contributed by atoms with Gasteiger partial charge in [-0.05, 0) is 18.2 Å². The number of benzene rings is 2. The molecule has 7 heteroatoms. The Kier molecular flexibility index (Phi) is 4.10. The van der Waals surface area contributed by atoms with Crippen LogP contribution in [0.1, 0.15) is 5.56 Å². The van der Waals surface area contributed by atoms with Crippen molar-refractivity contribution in [3.8, 4) is 0 Å². The lowest BCUT2D eigenvalue weighted by molar-refractivity contribution is -0.385. The van der Waals surface area contributed by atoms with Crippen molar-refractivity contribution >= 4 is 50.6 Å². The molecule has 0 bridgehead atoms. The number of halogens is 1. The minimum atomic E-state index is -0.403. The van der Waals surface area contributed by atoms with Crippen molar-refractivity contribution in [3.63, 3.8) is 0 Å². The number of nitro groups is 1. The SMILES string of the molecule is O=[N+]([O-])c1cccc(Cl)c1CSc1nc2ccccc2s1. The van der Waals surface area contributed by atoms with Crippen LogP contribution in [0.2, 0.25) is 5.02 Å². The van der Waals surface area contributed by atoms with Gasteiger partial charge in [-0.2, -0.15) is 0 Å². The largest absolute Gasteiger partial charge is 0.274 e. The first-order valence-corrected chi connectivity index (χ1v) is 8.23. The van der Waals surface area contributed by atoms with Crippen LogP contribution in [0.15, 0.2) is 46.8 Å². The first-order valence-electron chi connectivity index (χ1n) is 6.05. The van der Waals surface area contributed by atoms with E-state index in [2.05, 4.69) is 4.98 Å². The molecule has 3 aromatic rings. The van der Waals surface area contributed by atoms with Crippen LogP contribution in [-0.2, 0) is 5.75 Å². The summed E-state index contributed by atoms with van der Waals surface area (Å²) in [5, 5.41) is 11.5. The molecular weight excluding hydrogens is 328 g/mol. The lowest BCUT2D eigenvalue weighted by Gasteiger charge is -2.03. The summed E-state index contributed by atoms with van der Waals surface area (Å²) in [5.74, 6) is 0.426. The van der Waals surface area contributed by atoms with Gasteiger partial charge in [-0.15, -0.1) is 11.3 Å². The van der Waals surface area contributed by atoms with E-state index in [0.717, 1.165) is 14.6 Å². The standard InChI is InChI=1S/C14H9ClN2O2S2/c15-10-4-3-6-12(17(18)19)9(10)8-20-14-16-11-5-1-2-7-13(11)21-14/h1-7H,8H2.